The van der Waals surface area contributed by atoms with Crippen LogP contribution in [0.5, 0.6) is 0 Å². The van der Waals surface area contributed by atoms with Crippen LogP contribution in [0.15, 0.2) is 30.5 Å². The lowest BCUT2D eigenvalue weighted by atomic mass is 9.97. The molecule has 0 saturated carbocycles. The minimum absolute atomic E-state index is 0.0733. The maximum absolute atomic E-state index is 14.0. The first kappa shape index (κ1) is 40.3. The number of aromatic nitrogens is 1. The number of aliphatic hydroxyl groups is 1. The quantitative estimate of drug-likeness (QED) is 0.146. The van der Waals surface area contributed by atoms with E-state index in [1.807, 2.05) is 18.2 Å². The monoisotopic (exact) mass is 739 g/mol. The van der Waals surface area contributed by atoms with Crippen molar-refractivity contribution in [3.05, 3.63) is 36.0 Å². The molecule has 2 saturated heterocycles. The Balaban J connectivity index is 1.71. The van der Waals surface area contributed by atoms with Crippen LogP contribution < -0.4 is 37.6 Å². The number of nitrogens with two attached hydrogens (primary N) is 1. The molecule has 2 aromatic rings. The fourth-order valence-corrected chi connectivity index (χ4v) is 6.41. The van der Waals surface area contributed by atoms with Gasteiger partial charge in [-0.2, -0.15) is 0 Å². The van der Waals surface area contributed by atoms with Gasteiger partial charge in [-0.1, -0.05) is 38.5 Å². The minimum atomic E-state index is -1.54. The number of amides is 8. The van der Waals surface area contributed by atoms with Crippen LogP contribution in [0.4, 0.5) is 0 Å². The number of para-hydroxylation sites is 1. The lowest BCUT2D eigenvalue weighted by Gasteiger charge is -2.31. The summed E-state index contributed by atoms with van der Waals surface area (Å²) in [5.74, 6) is -6.94. The Labute approximate surface area is 306 Å². The van der Waals surface area contributed by atoms with E-state index in [-0.39, 0.29) is 19.4 Å². The van der Waals surface area contributed by atoms with Crippen molar-refractivity contribution in [2.24, 2.45) is 11.7 Å². The van der Waals surface area contributed by atoms with Gasteiger partial charge in [0.2, 0.25) is 47.3 Å². The second kappa shape index (κ2) is 17.8. The smallest absolute Gasteiger partial charge is 0.248 e. The number of aromatic amines is 1. The van der Waals surface area contributed by atoms with E-state index in [0.29, 0.717) is 18.4 Å². The van der Waals surface area contributed by atoms with Gasteiger partial charge in [0, 0.05) is 30.1 Å². The standard InChI is InChI=1S/C35H49N9O9/c1-5-17(2)28-34(52)41-24(14-26(36)46)31(49)39-18(3)30(48)40-23(13-20-15-37-22-10-7-6-9-21(20)22)32(50)43-29(19(4)45)35(53)44-12-8-11-25(44)33(51)38-16-27(47)42-28/h6-7,9-10,15,17-19,23-25,28-29,37,45H,5,8,11-14,16H2,1-4H3,(H2,36,46)(H,38,51)(H,39,49)(H,40,48)(H,41,52)(H,42,47)(H,43,50). The molecule has 4 rings (SSSR count). The third-order valence-electron chi connectivity index (χ3n) is 9.64. The van der Waals surface area contributed by atoms with Gasteiger partial charge >= 0.3 is 0 Å². The summed E-state index contributed by atoms with van der Waals surface area (Å²) < 4.78 is 0. The zero-order valence-electron chi connectivity index (χ0n) is 30.2. The highest BCUT2D eigenvalue weighted by Gasteiger charge is 2.41. The number of benzene rings is 1. The van der Waals surface area contributed by atoms with Gasteiger partial charge in [-0.15, -0.1) is 0 Å². The van der Waals surface area contributed by atoms with E-state index < -0.39 is 108 Å². The number of nitrogens with one attached hydrogen (secondary N) is 7. The number of carbonyl (C=O) groups is 8. The average Bonchev–Trinajstić information content (AvgIpc) is 3.77. The third-order valence-corrected chi connectivity index (χ3v) is 9.64. The number of carbonyl (C=O) groups excluding carboxylic acids is 8. The van der Waals surface area contributed by atoms with Crippen molar-refractivity contribution in [2.45, 2.75) is 102 Å². The largest absolute Gasteiger partial charge is 0.391 e. The Hall–Kier alpha value is -5.52. The van der Waals surface area contributed by atoms with E-state index in [0.717, 1.165) is 10.9 Å². The molecule has 1 aromatic heterocycles. The molecule has 18 nitrogen and oxygen atoms in total. The van der Waals surface area contributed by atoms with Crippen LogP contribution in [-0.4, -0.2) is 118 Å². The zero-order valence-corrected chi connectivity index (χ0v) is 30.2. The summed E-state index contributed by atoms with van der Waals surface area (Å²) >= 11 is 0. The van der Waals surface area contributed by atoms with E-state index in [1.54, 1.807) is 26.1 Å². The van der Waals surface area contributed by atoms with Crippen LogP contribution in [0.1, 0.15) is 58.9 Å². The first-order chi connectivity index (χ1) is 25.1. The molecule has 53 heavy (non-hydrogen) atoms. The van der Waals surface area contributed by atoms with E-state index in [1.165, 1.54) is 18.7 Å². The molecule has 2 fully saturated rings. The minimum Gasteiger partial charge on any atom is -0.391 e. The van der Waals surface area contributed by atoms with E-state index >= 15 is 0 Å². The molecule has 288 valence electrons. The summed E-state index contributed by atoms with van der Waals surface area (Å²) in [4.78, 5) is 111. The zero-order chi connectivity index (χ0) is 39.0. The van der Waals surface area contributed by atoms with Crippen LogP contribution in [-0.2, 0) is 44.8 Å². The van der Waals surface area contributed by atoms with Gasteiger partial charge in [-0.05, 0) is 44.2 Å². The summed E-state index contributed by atoms with van der Waals surface area (Å²) in [6.07, 6.45) is 0.639. The molecule has 2 aliphatic heterocycles. The van der Waals surface area contributed by atoms with Gasteiger partial charge < -0.3 is 52.6 Å². The SMILES string of the molecule is CCC(C)C1NC(=O)CNC(=O)C2CCCN2C(=O)C(C(C)O)NC(=O)C(Cc2c[nH]c3ccccc23)NC(=O)C(C)NC(=O)C(CC(N)=O)NC1=O. The van der Waals surface area contributed by atoms with E-state index in [4.69, 9.17) is 5.73 Å². The van der Waals surface area contributed by atoms with Crippen molar-refractivity contribution in [1.82, 2.24) is 41.8 Å². The van der Waals surface area contributed by atoms with Crippen molar-refractivity contribution >= 4 is 58.2 Å². The van der Waals surface area contributed by atoms with Crippen molar-refractivity contribution in [3.63, 3.8) is 0 Å². The van der Waals surface area contributed by atoms with Crippen LogP contribution in [0, 0.1) is 5.92 Å². The molecule has 8 amide bonds. The third kappa shape index (κ3) is 10.1. The molecule has 0 radical (unpaired) electrons. The Morgan fingerprint density at radius 1 is 0.887 bits per heavy atom. The molecule has 8 atom stereocenters. The molecule has 18 heteroatoms. The Morgan fingerprint density at radius 3 is 2.25 bits per heavy atom. The van der Waals surface area contributed by atoms with Gasteiger partial charge in [0.1, 0.15) is 36.3 Å². The van der Waals surface area contributed by atoms with Crippen LogP contribution in [0.2, 0.25) is 0 Å². The molecule has 0 aliphatic carbocycles. The van der Waals surface area contributed by atoms with Crippen molar-refractivity contribution in [1.29, 1.82) is 0 Å². The second-order valence-electron chi connectivity index (χ2n) is 13.7. The van der Waals surface area contributed by atoms with Gasteiger partial charge in [0.05, 0.1) is 19.1 Å². The van der Waals surface area contributed by atoms with Crippen LogP contribution >= 0.6 is 0 Å². The van der Waals surface area contributed by atoms with Crippen molar-refractivity contribution in [2.75, 3.05) is 13.1 Å². The predicted octanol–water partition coefficient (Wildman–Crippen LogP) is -2.42. The number of hydrogen-bond acceptors (Lipinski definition) is 9. The van der Waals surface area contributed by atoms with E-state index in [2.05, 4.69) is 36.9 Å². The molecule has 0 bridgehead atoms. The summed E-state index contributed by atoms with van der Waals surface area (Å²) in [6, 6.07) is -0.656. The number of hydrogen-bond donors (Lipinski definition) is 9. The Morgan fingerprint density at radius 2 is 1.57 bits per heavy atom. The normalized spacial score (nSPS) is 26.9. The van der Waals surface area contributed by atoms with Gasteiger partial charge in [-0.25, -0.2) is 0 Å². The summed E-state index contributed by atoms with van der Waals surface area (Å²) in [6.45, 7) is 5.67. The first-order valence-corrected chi connectivity index (χ1v) is 17.7. The number of nitrogens with zero attached hydrogens (tertiary/aromatic N) is 1. The number of fused-ring (bicyclic) bond motifs is 2. The summed E-state index contributed by atoms with van der Waals surface area (Å²) in [5, 5.41) is 26.6. The van der Waals surface area contributed by atoms with Gasteiger partial charge in [-0.3, -0.25) is 38.4 Å². The average molecular weight is 740 g/mol. The van der Waals surface area contributed by atoms with Crippen molar-refractivity contribution < 1.29 is 43.5 Å². The van der Waals surface area contributed by atoms with Crippen LogP contribution in [0.3, 0.4) is 0 Å². The lowest BCUT2D eigenvalue weighted by molar-refractivity contribution is -0.144. The number of aliphatic hydroxyl groups excluding tert-OH is 1. The number of primary amides is 1. The molecule has 8 unspecified atom stereocenters. The molecule has 3 heterocycles. The highest BCUT2D eigenvalue weighted by atomic mass is 16.3. The van der Waals surface area contributed by atoms with E-state index in [9.17, 15) is 43.5 Å². The molecule has 10 N–H and O–H groups in total. The van der Waals surface area contributed by atoms with Gasteiger partial charge in [0.25, 0.3) is 0 Å². The first-order valence-electron chi connectivity index (χ1n) is 17.7. The topological polar surface area (TPSA) is 274 Å². The Kier molecular flexibility index (Phi) is 13.5. The second-order valence-corrected chi connectivity index (χ2v) is 13.7. The summed E-state index contributed by atoms with van der Waals surface area (Å²) in [5.41, 5.74) is 6.79. The molecule has 2 aliphatic rings. The molecular weight excluding hydrogens is 690 g/mol. The highest BCUT2D eigenvalue weighted by Crippen LogP contribution is 2.21. The summed E-state index contributed by atoms with van der Waals surface area (Å²) in [7, 11) is 0. The molecular formula is C35H49N9O9. The van der Waals surface area contributed by atoms with Crippen LogP contribution in [0.25, 0.3) is 10.9 Å². The fraction of sp³-hybridized carbons (Fsp3) is 0.543. The lowest BCUT2D eigenvalue weighted by Crippen LogP contribution is -2.61. The predicted molar refractivity (Wildman–Crippen MR) is 190 cm³/mol. The fourth-order valence-electron chi connectivity index (χ4n) is 6.41. The molecule has 1 aromatic carbocycles. The highest BCUT2D eigenvalue weighted by molar-refractivity contribution is 5.99. The number of H-pyrrole nitrogens is 1. The van der Waals surface area contributed by atoms with Crippen molar-refractivity contribution in [3.8, 4) is 0 Å². The number of rotatable bonds is 7. The maximum Gasteiger partial charge on any atom is 0.248 e. The maximum atomic E-state index is 14.0. The molecule has 0 spiro atoms. The Bertz CT molecular complexity index is 1730. The van der Waals surface area contributed by atoms with Gasteiger partial charge in [0.15, 0.2) is 0 Å².